The molecule has 0 radical (unpaired) electrons. The molecular weight excluding hydrogens is 362 g/mol. The van der Waals surface area contributed by atoms with E-state index < -0.39 is 17.9 Å². The molecule has 7 heteroatoms. The van der Waals surface area contributed by atoms with Gasteiger partial charge in [0.05, 0.1) is 26.1 Å². The molecule has 2 rings (SSSR count). The number of hydrogen-bond acceptors (Lipinski definition) is 6. The Bertz CT molecular complexity index is 825. The maximum atomic E-state index is 12.6. The fourth-order valence-corrected chi connectivity index (χ4v) is 2.83. The van der Waals surface area contributed by atoms with Crippen LogP contribution in [0.5, 0.6) is 0 Å². The Morgan fingerprint density at radius 1 is 0.857 bits per heavy atom. The van der Waals surface area contributed by atoms with E-state index in [0.29, 0.717) is 16.8 Å². The molecule has 0 spiro atoms. The molecule has 7 nitrogen and oxygen atoms in total. The van der Waals surface area contributed by atoms with Crippen LogP contribution in [0.2, 0.25) is 0 Å². The van der Waals surface area contributed by atoms with Gasteiger partial charge in [0.25, 0.3) is 0 Å². The number of esters is 3. The minimum atomic E-state index is -0.596. The summed E-state index contributed by atoms with van der Waals surface area (Å²) in [5.41, 5.74) is 2.57. The average Bonchev–Trinajstić information content (AvgIpc) is 2.97. The Kier molecular flexibility index (Phi) is 7.80. The first-order valence-electron chi connectivity index (χ1n) is 9.18. The molecule has 150 valence electrons. The molecule has 0 aliphatic carbocycles. The highest BCUT2D eigenvalue weighted by Gasteiger charge is 2.25. The first-order chi connectivity index (χ1) is 13.5. The van der Waals surface area contributed by atoms with Crippen LogP contribution in [-0.2, 0) is 43.2 Å². The number of ether oxygens (including phenoxy) is 3. The minimum Gasteiger partial charge on any atom is -0.466 e. The van der Waals surface area contributed by atoms with E-state index >= 15 is 0 Å². The van der Waals surface area contributed by atoms with E-state index in [2.05, 4.69) is 4.98 Å². The third-order valence-electron chi connectivity index (χ3n) is 4.10. The van der Waals surface area contributed by atoms with Crippen molar-refractivity contribution in [2.45, 2.75) is 40.2 Å². The molecular formula is C21H25NO6. The van der Waals surface area contributed by atoms with Crippen molar-refractivity contribution in [2.75, 3.05) is 13.2 Å². The number of aromatic nitrogens is 1. The van der Waals surface area contributed by atoms with Gasteiger partial charge in [0.2, 0.25) is 0 Å². The molecule has 0 amide bonds. The largest absolute Gasteiger partial charge is 0.466 e. The first-order valence-corrected chi connectivity index (χ1v) is 9.18. The molecule has 0 aliphatic rings. The molecule has 1 aromatic heterocycles. The summed E-state index contributed by atoms with van der Waals surface area (Å²) < 4.78 is 15.4. The Morgan fingerprint density at radius 3 is 2.00 bits per heavy atom. The molecule has 1 heterocycles. The summed E-state index contributed by atoms with van der Waals surface area (Å²) in [7, 11) is 0. The van der Waals surface area contributed by atoms with Crippen LogP contribution in [0, 0.1) is 6.92 Å². The lowest BCUT2D eigenvalue weighted by Gasteiger charge is -2.08. The number of aromatic amines is 1. The summed E-state index contributed by atoms with van der Waals surface area (Å²) in [6.07, 6.45) is -0.181. The van der Waals surface area contributed by atoms with Crippen LogP contribution >= 0.6 is 0 Å². The predicted octanol–water partition coefficient (Wildman–Crippen LogP) is 2.89. The van der Waals surface area contributed by atoms with Crippen molar-refractivity contribution in [3.63, 3.8) is 0 Å². The van der Waals surface area contributed by atoms with Gasteiger partial charge >= 0.3 is 17.9 Å². The Balaban J connectivity index is 2.26. The lowest BCUT2D eigenvalue weighted by molar-refractivity contribution is -0.143. The summed E-state index contributed by atoms with van der Waals surface area (Å²) in [6.45, 7) is 5.73. The zero-order valence-electron chi connectivity index (χ0n) is 16.4. The number of nitrogens with one attached hydrogen (secondary N) is 1. The van der Waals surface area contributed by atoms with E-state index in [0.717, 1.165) is 5.56 Å². The number of benzene rings is 1. The molecule has 1 N–H and O–H groups in total. The minimum absolute atomic E-state index is 0.0448. The second-order valence-corrected chi connectivity index (χ2v) is 6.11. The maximum absolute atomic E-state index is 12.6. The zero-order chi connectivity index (χ0) is 20.5. The van der Waals surface area contributed by atoms with Gasteiger partial charge < -0.3 is 19.2 Å². The molecule has 0 bridgehead atoms. The molecule has 0 fully saturated rings. The number of H-pyrrole nitrogens is 1. The highest BCUT2D eigenvalue weighted by atomic mass is 16.5. The molecule has 0 saturated carbocycles. The third kappa shape index (κ3) is 5.70. The van der Waals surface area contributed by atoms with Gasteiger partial charge in [-0.3, -0.25) is 9.59 Å². The monoisotopic (exact) mass is 387 g/mol. The molecule has 0 unspecified atom stereocenters. The smallest absolute Gasteiger partial charge is 0.355 e. The molecule has 0 saturated heterocycles. The molecule has 0 atom stereocenters. The quantitative estimate of drug-likeness (QED) is 0.525. The van der Waals surface area contributed by atoms with Crippen molar-refractivity contribution >= 4 is 17.9 Å². The van der Waals surface area contributed by atoms with Crippen LogP contribution in [0.25, 0.3) is 0 Å². The van der Waals surface area contributed by atoms with E-state index in [-0.39, 0.29) is 38.4 Å². The van der Waals surface area contributed by atoms with E-state index in [4.69, 9.17) is 14.2 Å². The van der Waals surface area contributed by atoms with Crippen molar-refractivity contribution in [3.05, 3.63) is 58.4 Å². The highest BCUT2D eigenvalue weighted by Crippen LogP contribution is 2.22. The third-order valence-corrected chi connectivity index (χ3v) is 4.10. The lowest BCUT2D eigenvalue weighted by Crippen LogP contribution is -2.15. The number of hydrogen-bond donors (Lipinski definition) is 1. The van der Waals surface area contributed by atoms with Gasteiger partial charge in [0.1, 0.15) is 12.3 Å². The standard InChI is InChI=1S/C21H25NO6/c1-4-26-18(23)11-16-14(3)22-20(17(16)12-19(24)27-5-2)21(25)28-13-15-9-7-6-8-10-15/h6-10,22H,4-5,11-13H2,1-3H3. The number of carbonyl (C=O) groups excluding carboxylic acids is 3. The Morgan fingerprint density at radius 2 is 1.43 bits per heavy atom. The second-order valence-electron chi connectivity index (χ2n) is 6.11. The highest BCUT2D eigenvalue weighted by molar-refractivity contribution is 5.92. The van der Waals surface area contributed by atoms with E-state index in [9.17, 15) is 14.4 Å². The fourth-order valence-electron chi connectivity index (χ4n) is 2.83. The van der Waals surface area contributed by atoms with Gasteiger partial charge in [-0.15, -0.1) is 0 Å². The number of aryl methyl sites for hydroxylation is 1. The van der Waals surface area contributed by atoms with Crippen molar-refractivity contribution in [2.24, 2.45) is 0 Å². The average molecular weight is 387 g/mol. The van der Waals surface area contributed by atoms with Crippen LogP contribution in [0.15, 0.2) is 30.3 Å². The van der Waals surface area contributed by atoms with E-state index in [1.807, 2.05) is 30.3 Å². The van der Waals surface area contributed by atoms with Gasteiger partial charge in [0.15, 0.2) is 0 Å². The summed E-state index contributed by atoms with van der Waals surface area (Å²) in [6, 6.07) is 9.27. The molecule has 28 heavy (non-hydrogen) atoms. The predicted molar refractivity (Wildman–Crippen MR) is 102 cm³/mol. The van der Waals surface area contributed by atoms with Crippen LogP contribution < -0.4 is 0 Å². The van der Waals surface area contributed by atoms with Crippen LogP contribution in [0.1, 0.15) is 46.7 Å². The zero-order valence-corrected chi connectivity index (χ0v) is 16.4. The normalized spacial score (nSPS) is 10.4. The summed E-state index contributed by atoms with van der Waals surface area (Å²) in [4.78, 5) is 39.6. The summed E-state index contributed by atoms with van der Waals surface area (Å²) >= 11 is 0. The SMILES string of the molecule is CCOC(=O)Cc1c(C)[nH]c(C(=O)OCc2ccccc2)c1CC(=O)OCC. The van der Waals surface area contributed by atoms with Crippen molar-refractivity contribution in [3.8, 4) is 0 Å². The first kappa shape index (κ1) is 21.2. The van der Waals surface area contributed by atoms with Crippen molar-refractivity contribution < 1.29 is 28.6 Å². The van der Waals surface area contributed by atoms with Gasteiger partial charge in [-0.2, -0.15) is 0 Å². The maximum Gasteiger partial charge on any atom is 0.355 e. The van der Waals surface area contributed by atoms with Gasteiger partial charge in [-0.05, 0) is 37.5 Å². The van der Waals surface area contributed by atoms with Crippen molar-refractivity contribution in [1.82, 2.24) is 4.98 Å². The van der Waals surface area contributed by atoms with Crippen LogP contribution in [-0.4, -0.2) is 36.1 Å². The fraction of sp³-hybridized carbons (Fsp3) is 0.381. The van der Waals surface area contributed by atoms with Gasteiger partial charge in [0, 0.05) is 5.69 Å². The summed E-state index contributed by atoms with van der Waals surface area (Å²) in [5.74, 6) is -1.51. The lowest BCUT2D eigenvalue weighted by atomic mass is 10.0. The Hall–Kier alpha value is -3.09. The topological polar surface area (TPSA) is 94.7 Å². The van der Waals surface area contributed by atoms with E-state index in [1.54, 1.807) is 20.8 Å². The van der Waals surface area contributed by atoms with Crippen LogP contribution in [0.4, 0.5) is 0 Å². The van der Waals surface area contributed by atoms with Crippen LogP contribution in [0.3, 0.4) is 0 Å². The number of carbonyl (C=O) groups is 3. The summed E-state index contributed by atoms with van der Waals surface area (Å²) in [5, 5.41) is 0. The Labute approximate surface area is 164 Å². The second kappa shape index (κ2) is 10.3. The van der Waals surface area contributed by atoms with Gasteiger partial charge in [-0.1, -0.05) is 30.3 Å². The van der Waals surface area contributed by atoms with Gasteiger partial charge in [-0.25, -0.2) is 4.79 Å². The molecule has 2 aromatic rings. The molecule has 0 aliphatic heterocycles. The van der Waals surface area contributed by atoms with E-state index in [1.165, 1.54) is 0 Å². The molecule has 1 aromatic carbocycles. The number of rotatable bonds is 9. The van der Waals surface area contributed by atoms with Crippen molar-refractivity contribution in [1.29, 1.82) is 0 Å².